The molecule has 1 aliphatic heterocycles. The normalized spacial score (nSPS) is 17.7. The van der Waals surface area contributed by atoms with Crippen LogP contribution in [0, 0.1) is 6.92 Å². The third-order valence-corrected chi connectivity index (χ3v) is 4.57. The van der Waals surface area contributed by atoms with Crippen molar-refractivity contribution < 1.29 is 9.47 Å². The summed E-state index contributed by atoms with van der Waals surface area (Å²) in [6.45, 7) is 2.54. The zero-order valence-corrected chi connectivity index (χ0v) is 11.5. The van der Waals surface area contributed by atoms with Crippen molar-refractivity contribution in [1.29, 1.82) is 0 Å². The Labute approximate surface area is 113 Å². The maximum Gasteiger partial charge on any atom is 0.174 e. The number of nitrogens with zero attached hydrogens (tertiary/aromatic N) is 2. The lowest BCUT2D eigenvalue weighted by Gasteiger charge is -2.25. The highest BCUT2D eigenvalue weighted by molar-refractivity contribution is 8.01. The van der Waals surface area contributed by atoms with Gasteiger partial charge in [-0.3, -0.25) is 0 Å². The van der Waals surface area contributed by atoms with Crippen LogP contribution in [0.2, 0.25) is 0 Å². The van der Waals surface area contributed by atoms with Crippen LogP contribution in [0.4, 0.5) is 0 Å². The number of hydrogen-bond acceptors (Lipinski definition) is 6. The van der Waals surface area contributed by atoms with Crippen molar-refractivity contribution in [1.82, 2.24) is 10.2 Å². The number of fused-ring (bicyclic) bond motifs is 1. The third kappa shape index (κ3) is 2.59. The molecule has 0 spiro atoms. The second kappa shape index (κ2) is 5.16. The van der Waals surface area contributed by atoms with Crippen molar-refractivity contribution in [2.75, 3.05) is 12.4 Å². The van der Waals surface area contributed by atoms with Crippen LogP contribution in [-0.4, -0.2) is 28.7 Å². The summed E-state index contributed by atoms with van der Waals surface area (Å²) in [5.41, 5.74) is 0. The van der Waals surface area contributed by atoms with Gasteiger partial charge in [-0.1, -0.05) is 35.2 Å². The molecule has 0 fully saturated rings. The molecule has 0 bridgehead atoms. The van der Waals surface area contributed by atoms with Gasteiger partial charge < -0.3 is 9.47 Å². The van der Waals surface area contributed by atoms with Crippen molar-refractivity contribution in [3.63, 3.8) is 0 Å². The van der Waals surface area contributed by atoms with Crippen LogP contribution in [0.5, 0.6) is 11.5 Å². The van der Waals surface area contributed by atoms with Crippen LogP contribution in [0.1, 0.15) is 5.01 Å². The molecule has 1 aliphatic rings. The number of para-hydroxylation sites is 2. The molecule has 1 atom stereocenters. The number of benzene rings is 1. The van der Waals surface area contributed by atoms with Crippen molar-refractivity contribution in [2.24, 2.45) is 0 Å². The van der Waals surface area contributed by atoms with Crippen molar-refractivity contribution in [3.05, 3.63) is 29.3 Å². The van der Waals surface area contributed by atoms with Crippen LogP contribution in [0.15, 0.2) is 28.6 Å². The monoisotopic (exact) mass is 280 g/mol. The lowest BCUT2D eigenvalue weighted by Crippen LogP contribution is -2.31. The minimum Gasteiger partial charge on any atom is -0.486 e. The van der Waals surface area contributed by atoms with E-state index >= 15 is 0 Å². The molecule has 4 nitrogen and oxygen atoms in total. The van der Waals surface area contributed by atoms with E-state index in [0.717, 1.165) is 26.6 Å². The topological polar surface area (TPSA) is 44.2 Å². The molecule has 0 saturated carbocycles. The van der Waals surface area contributed by atoms with Crippen LogP contribution < -0.4 is 9.47 Å². The molecule has 1 aromatic heterocycles. The Hall–Kier alpha value is -1.27. The Bertz CT molecular complexity index is 544. The van der Waals surface area contributed by atoms with Gasteiger partial charge >= 0.3 is 0 Å². The van der Waals surface area contributed by atoms with E-state index in [1.165, 1.54) is 0 Å². The first kappa shape index (κ1) is 11.8. The molecule has 6 heteroatoms. The fraction of sp³-hybridized carbons (Fsp3) is 0.333. The Balaban J connectivity index is 1.59. The molecule has 1 aromatic carbocycles. The first-order valence-electron chi connectivity index (χ1n) is 5.62. The maximum absolute atomic E-state index is 5.87. The van der Waals surface area contributed by atoms with Crippen molar-refractivity contribution in [3.8, 4) is 11.5 Å². The van der Waals surface area contributed by atoms with E-state index in [2.05, 4.69) is 10.2 Å². The maximum atomic E-state index is 5.87. The van der Waals surface area contributed by atoms with Crippen LogP contribution in [0.3, 0.4) is 0 Å². The number of aromatic nitrogens is 2. The Morgan fingerprint density at radius 1 is 1.33 bits per heavy atom. The van der Waals surface area contributed by atoms with E-state index in [0.29, 0.717) is 6.61 Å². The highest BCUT2D eigenvalue weighted by Crippen LogP contribution is 2.32. The summed E-state index contributed by atoms with van der Waals surface area (Å²) in [6, 6.07) is 7.75. The molecule has 0 radical (unpaired) electrons. The predicted molar refractivity (Wildman–Crippen MR) is 71.7 cm³/mol. The van der Waals surface area contributed by atoms with Crippen molar-refractivity contribution in [2.45, 2.75) is 17.4 Å². The molecule has 0 N–H and O–H groups in total. The first-order valence-corrected chi connectivity index (χ1v) is 7.43. The van der Waals surface area contributed by atoms with Gasteiger partial charge in [0.1, 0.15) is 17.7 Å². The molecule has 1 unspecified atom stereocenters. The van der Waals surface area contributed by atoms with Gasteiger partial charge in [0.25, 0.3) is 0 Å². The van der Waals surface area contributed by atoms with Crippen LogP contribution >= 0.6 is 23.1 Å². The summed E-state index contributed by atoms with van der Waals surface area (Å²) in [5.74, 6) is 2.47. The minimum atomic E-state index is 0.0640. The molecule has 0 amide bonds. The Morgan fingerprint density at radius 3 is 2.94 bits per heavy atom. The number of thioether (sulfide) groups is 1. The molecule has 2 aromatic rings. The Kier molecular flexibility index (Phi) is 3.38. The Morgan fingerprint density at radius 2 is 2.17 bits per heavy atom. The minimum absolute atomic E-state index is 0.0640. The summed E-state index contributed by atoms with van der Waals surface area (Å²) < 4.78 is 12.5. The largest absolute Gasteiger partial charge is 0.486 e. The van der Waals surface area contributed by atoms with E-state index in [1.54, 1.807) is 23.1 Å². The van der Waals surface area contributed by atoms with E-state index < -0.39 is 0 Å². The molecule has 3 rings (SSSR count). The van der Waals surface area contributed by atoms with E-state index in [1.807, 2.05) is 31.2 Å². The lowest BCUT2D eigenvalue weighted by atomic mass is 10.3. The van der Waals surface area contributed by atoms with Gasteiger partial charge in [-0.2, -0.15) is 0 Å². The summed E-state index contributed by atoms with van der Waals surface area (Å²) >= 11 is 3.27. The zero-order chi connectivity index (χ0) is 12.4. The van der Waals surface area contributed by atoms with Gasteiger partial charge in [-0.25, -0.2) is 0 Å². The number of hydrogen-bond donors (Lipinski definition) is 0. The van der Waals surface area contributed by atoms with E-state index in [-0.39, 0.29) is 6.10 Å². The fourth-order valence-corrected chi connectivity index (χ4v) is 3.46. The van der Waals surface area contributed by atoms with Crippen LogP contribution in [0.25, 0.3) is 0 Å². The third-order valence-electron chi connectivity index (χ3n) is 2.47. The molecule has 0 aliphatic carbocycles. The number of rotatable bonds is 3. The lowest BCUT2D eigenvalue weighted by molar-refractivity contribution is 0.107. The van der Waals surface area contributed by atoms with Gasteiger partial charge in [0.2, 0.25) is 0 Å². The van der Waals surface area contributed by atoms with E-state index in [4.69, 9.17) is 9.47 Å². The van der Waals surface area contributed by atoms with Crippen molar-refractivity contribution >= 4 is 23.1 Å². The highest BCUT2D eigenvalue weighted by atomic mass is 32.2. The average Bonchev–Trinajstić information content (AvgIpc) is 2.82. The van der Waals surface area contributed by atoms with Gasteiger partial charge in [-0.15, -0.1) is 10.2 Å². The quantitative estimate of drug-likeness (QED) is 0.809. The molecule has 0 saturated heterocycles. The zero-order valence-electron chi connectivity index (χ0n) is 9.83. The summed E-state index contributed by atoms with van der Waals surface area (Å²) in [4.78, 5) is 0. The fourth-order valence-electron chi connectivity index (χ4n) is 1.65. The van der Waals surface area contributed by atoms with Gasteiger partial charge in [0.05, 0.1) is 0 Å². The summed E-state index contributed by atoms with van der Waals surface area (Å²) in [5, 5.41) is 9.06. The molecule has 94 valence electrons. The first-order chi connectivity index (χ1) is 8.81. The second-order valence-corrected chi connectivity index (χ2v) is 6.34. The highest BCUT2D eigenvalue weighted by Gasteiger charge is 2.21. The van der Waals surface area contributed by atoms with Gasteiger partial charge in [0, 0.05) is 5.75 Å². The van der Waals surface area contributed by atoms with Crippen LogP contribution in [-0.2, 0) is 0 Å². The van der Waals surface area contributed by atoms with Gasteiger partial charge in [0.15, 0.2) is 15.8 Å². The standard InChI is InChI=1S/C12H12N2O2S2/c1-8-13-14-12(18-8)17-7-9-6-15-10-4-2-3-5-11(10)16-9/h2-5,9H,6-7H2,1H3. The summed E-state index contributed by atoms with van der Waals surface area (Å²) in [6.07, 6.45) is 0.0640. The molecular weight excluding hydrogens is 268 g/mol. The predicted octanol–water partition coefficient (Wildman–Crippen LogP) is 2.78. The van der Waals surface area contributed by atoms with E-state index in [9.17, 15) is 0 Å². The SMILES string of the molecule is Cc1nnc(SCC2COc3ccccc3O2)s1. The molecule has 2 heterocycles. The number of aryl methyl sites for hydroxylation is 1. The summed E-state index contributed by atoms with van der Waals surface area (Å²) in [7, 11) is 0. The molecule has 18 heavy (non-hydrogen) atoms. The number of ether oxygens (including phenoxy) is 2. The second-order valence-electron chi connectivity index (χ2n) is 3.90. The average molecular weight is 280 g/mol. The smallest absolute Gasteiger partial charge is 0.174 e. The van der Waals surface area contributed by atoms with Gasteiger partial charge in [-0.05, 0) is 19.1 Å². The molecular formula is C12H12N2O2S2.